The number of carbonyl (C=O) groups excluding carboxylic acids is 1. The third kappa shape index (κ3) is 2.91. The lowest BCUT2D eigenvalue weighted by molar-refractivity contribution is 0.0971. The van der Waals surface area contributed by atoms with Crippen LogP contribution >= 0.6 is 34.5 Å². The van der Waals surface area contributed by atoms with Gasteiger partial charge in [0.1, 0.15) is 0 Å². The number of hydrogen-bond donors (Lipinski definition) is 0. The van der Waals surface area contributed by atoms with E-state index in [2.05, 4.69) is 0 Å². The number of ketones is 1. The summed E-state index contributed by atoms with van der Waals surface area (Å²) in [7, 11) is 0. The lowest BCUT2D eigenvalue weighted by Gasteiger charge is -2.06. The first-order chi connectivity index (χ1) is 8.90. The SMILES string of the molecule is Cc1sc(=O)n(CC(=O)c2ccc(Cl)cc2Cl)c1C. The molecule has 0 radical (unpaired) electrons. The molecule has 0 N–H and O–H groups in total. The van der Waals surface area contributed by atoms with Gasteiger partial charge in [0.25, 0.3) is 0 Å². The Bertz CT molecular complexity index is 703. The van der Waals surface area contributed by atoms with E-state index in [0.717, 1.165) is 21.9 Å². The maximum absolute atomic E-state index is 12.2. The minimum atomic E-state index is -0.204. The Labute approximate surface area is 124 Å². The van der Waals surface area contributed by atoms with E-state index in [-0.39, 0.29) is 17.2 Å². The summed E-state index contributed by atoms with van der Waals surface area (Å²) in [5.74, 6) is -0.204. The van der Waals surface area contributed by atoms with Crippen molar-refractivity contribution in [1.29, 1.82) is 0 Å². The van der Waals surface area contributed by atoms with Crippen molar-refractivity contribution in [3.05, 3.63) is 54.0 Å². The molecule has 0 unspecified atom stereocenters. The van der Waals surface area contributed by atoms with Crippen molar-refractivity contribution >= 4 is 40.3 Å². The Kier molecular flexibility index (Phi) is 4.13. The van der Waals surface area contributed by atoms with Crippen molar-refractivity contribution < 1.29 is 4.79 Å². The number of Topliss-reactive ketones (excluding diaryl/α,β-unsaturated/α-hetero) is 1. The minimum absolute atomic E-state index is 0.00361. The number of carbonyl (C=O) groups is 1. The summed E-state index contributed by atoms with van der Waals surface area (Å²) in [6.07, 6.45) is 0. The molecule has 0 spiro atoms. The van der Waals surface area contributed by atoms with Crippen molar-refractivity contribution in [2.75, 3.05) is 0 Å². The first-order valence-electron chi connectivity index (χ1n) is 5.55. The van der Waals surface area contributed by atoms with E-state index < -0.39 is 0 Å². The highest BCUT2D eigenvalue weighted by atomic mass is 35.5. The number of thiazole rings is 1. The third-order valence-corrected chi connectivity index (χ3v) is 4.45. The average molecular weight is 316 g/mol. The lowest BCUT2D eigenvalue weighted by atomic mass is 10.1. The highest BCUT2D eigenvalue weighted by molar-refractivity contribution is 7.09. The molecular weight excluding hydrogens is 305 g/mol. The van der Waals surface area contributed by atoms with E-state index >= 15 is 0 Å². The topological polar surface area (TPSA) is 39.1 Å². The van der Waals surface area contributed by atoms with Gasteiger partial charge in [-0.05, 0) is 32.0 Å². The van der Waals surface area contributed by atoms with Gasteiger partial charge in [-0.3, -0.25) is 14.2 Å². The van der Waals surface area contributed by atoms with E-state index in [1.54, 1.807) is 12.1 Å². The molecule has 2 rings (SSSR count). The number of benzene rings is 1. The van der Waals surface area contributed by atoms with Crippen LogP contribution in [-0.2, 0) is 6.54 Å². The summed E-state index contributed by atoms with van der Waals surface area (Å²) in [5, 5.41) is 0.774. The van der Waals surface area contributed by atoms with Gasteiger partial charge in [-0.25, -0.2) is 0 Å². The quantitative estimate of drug-likeness (QED) is 0.810. The van der Waals surface area contributed by atoms with Crippen LogP contribution in [0.5, 0.6) is 0 Å². The average Bonchev–Trinajstić information content (AvgIpc) is 2.56. The number of halogens is 2. The molecule has 1 aromatic heterocycles. The highest BCUT2D eigenvalue weighted by Crippen LogP contribution is 2.22. The summed E-state index contributed by atoms with van der Waals surface area (Å²) in [6.45, 7) is 3.68. The fourth-order valence-electron chi connectivity index (χ4n) is 1.71. The fraction of sp³-hybridized carbons (Fsp3) is 0.231. The van der Waals surface area contributed by atoms with Crippen LogP contribution in [-0.4, -0.2) is 10.4 Å². The molecule has 0 bridgehead atoms. The zero-order valence-electron chi connectivity index (χ0n) is 10.4. The number of nitrogens with zero attached hydrogens (tertiary/aromatic N) is 1. The van der Waals surface area contributed by atoms with Gasteiger partial charge in [0.15, 0.2) is 5.78 Å². The van der Waals surface area contributed by atoms with Gasteiger partial charge in [0, 0.05) is 21.2 Å². The van der Waals surface area contributed by atoms with Gasteiger partial charge in [-0.1, -0.05) is 34.5 Å². The summed E-state index contributed by atoms with van der Waals surface area (Å²) >= 11 is 12.9. The van der Waals surface area contributed by atoms with Crippen LogP contribution in [0.1, 0.15) is 20.9 Å². The second-order valence-electron chi connectivity index (χ2n) is 4.14. The largest absolute Gasteiger partial charge is 0.307 e. The van der Waals surface area contributed by atoms with E-state index in [0.29, 0.717) is 15.6 Å². The molecule has 0 amide bonds. The van der Waals surface area contributed by atoms with Crippen LogP contribution in [0.2, 0.25) is 10.0 Å². The van der Waals surface area contributed by atoms with Crippen LogP contribution in [0.4, 0.5) is 0 Å². The predicted molar refractivity (Wildman–Crippen MR) is 78.8 cm³/mol. The smallest absolute Gasteiger partial charge is 0.295 e. The second kappa shape index (κ2) is 5.49. The normalized spacial score (nSPS) is 10.7. The molecule has 3 nitrogen and oxygen atoms in total. The third-order valence-electron chi connectivity index (χ3n) is 2.91. The molecule has 0 atom stereocenters. The predicted octanol–water partition coefficient (Wildman–Crippen LogP) is 3.72. The lowest BCUT2D eigenvalue weighted by Crippen LogP contribution is -2.20. The molecule has 1 heterocycles. The summed E-state index contributed by atoms with van der Waals surface area (Å²) < 4.78 is 1.47. The van der Waals surface area contributed by atoms with Gasteiger partial charge in [-0.2, -0.15) is 0 Å². The van der Waals surface area contributed by atoms with Gasteiger partial charge in [0.05, 0.1) is 11.6 Å². The zero-order valence-corrected chi connectivity index (χ0v) is 12.7. The molecule has 1 aromatic carbocycles. The summed E-state index contributed by atoms with van der Waals surface area (Å²) in [6, 6.07) is 4.70. The Hall–Kier alpha value is -1.10. The van der Waals surface area contributed by atoms with Crippen LogP contribution in [0.25, 0.3) is 0 Å². The maximum Gasteiger partial charge on any atom is 0.307 e. The number of rotatable bonds is 3. The summed E-state index contributed by atoms with van der Waals surface area (Å²) in [4.78, 5) is 24.7. The fourth-order valence-corrected chi connectivity index (χ4v) is 3.06. The van der Waals surface area contributed by atoms with Gasteiger partial charge >= 0.3 is 4.87 Å². The van der Waals surface area contributed by atoms with E-state index in [9.17, 15) is 9.59 Å². The van der Waals surface area contributed by atoms with Crippen molar-refractivity contribution in [1.82, 2.24) is 4.57 Å². The standard InChI is InChI=1S/C13H11Cl2NO2S/c1-7-8(2)19-13(18)16(7)6-12(17)10-4-3-9(14)5-11(10)15/h3-5H,6H2,1-2H3. The van der Waals surface area contributed by atoms with Crippen molar-refractivity contribution in [3.63, 3.8) is 0 Å². The minimum Gasteiger partial charge on any atom is -0.295 e. The van der Waals surface area contributed by atoms with Gasteiger partial charge in [0.2, 0.25) is 0 Å². The van der Waals surface area contributed by atoms with E-state index in [4.69, 9.17) is 23.2 Å². The Morgan fingerprint density at radius 2 is 2.00 bits per heavy atom. The monoisotopic (exact) mass is 315 g/mol. The van der Waals surface area contributed by atoms with Crippen molar-refractivity contribution in [2.45, 2.75) is 20.4 Å². The Morgan fingerprint density at radius 1 is 1.32 bits per heavy atom. The molecule has 0 aliphatic rings. The first kappa shape index (κ1) is 14.3. The number of aromatic nitrogens is 1. The zero-order chi connectivity index (χ0) is 14.2. The molecule has 19 heavy (non-hydrogen) atoms. The van der Waals surface area contributed by atoms with Crippen molar-refractivity contribution in [3.8, 4) is 0 Å². The van der Waals surface area contributed by atoms with Crippen molar-refractivity contribution in [2.24, 2.45) is 0 Å². The van der Waals surface area contributed by atoms with Crippen LogP contribution in [0.3, 0.4) is 0 Å². The highest BCUT2D eigenvalue weighted by Gasteiger charge is 2.15. The first-order valence-corrected chi connectivity index (χ1v) is 7.12. The molecule has 2 aromatic rings. The number of hydrogen-bond acceptors (Lipinski definition) is 3. The van der Waals surface area contributed by atoms with Gasteiger partial charge < -0.3 is 0 Å². The molecule has 100 valence electrons. The Morgan fingerprint density at radius 3 is 2.53 bits per heavy atom. The molecule has 0 fully saturated rings. The molecular formula is C13H11Cl2NO2S. The summed E-state index contributed by atoms with van der Waals surface area (Å²) in [5.41, 5.74) is 1.19. The second-order valence-corrected chi connectivity index (χ2v) is 6.15. The Balaban J connectivity index is 2.33. The van der Waals surface area contributed by atoms with Crippen LogP contribution < -0.4 is 4.87 Å². The molecule has 0 aliphatic heterocycles. The maximum atomic E-state index is 12.2. The number of aryl methyl sites for hydroxylation is 1. The van der Waals surface area contributed by atoms with Gasteiger partial charge in [-0.15, -0.1) is 0 Å². The van der Waals surface area contributed by atoms with Crippen LogP contribution in [0, 0.1) is 13.8 Å². The molecule has 6 heteroatoms. The van der Waals surface area contributed by atoms with E-state index in [1.165, 1.54) is 10.6 Å². The van der Waals surface area contributed by atoms with Crippen LogP contribution in [0.15, 0.2) is 23.0 Å². The van der Waals surface area contributed by atoms with E-state index in [1.807, 2.05) is 13.8 Å². The molecule has 0 saturated carbocycles. The molecule has 0 aliphatic carbocycles. The molecule has 0 saturated heterocycles.